The summed E-state index contributed by atoms with van der Waals surface area (Å²) in [6.45, 7) is 3.52. The molecule has 1 aliphatic heterocycles. The maximum atomic E-state index is 13.6. The summed E-state index contributed by atoms with van der Waals surface area (Å²) in [5, 5.41) is 3.43. The van der Waals surface area contributed by atoms with Crippen LogP contribution in [0.4, 0.5) is 4.39 Å². The lowest BCUT2D eigenvalue weighted by molar-refractivity contribution is -0.000354. The highest BCUT2D eigenvalue weighted by Gasteiger charge is 2.20. The molecule has 0 spiro atoms. The number of benzene rings is 1. The summed E-state index contributed by atoms with van der Waals surface area (Å²) in [5.74, 6) is -0.148. The van der Waals surface area contributed by atoms with Gasteiger partial charge >= 0.3 is 0 Å². The normalized spacial score (nSPS) is 24.2. The summed E-state index contributed by atoms with van der Waals surface area (Å²) in [4.78, 5) is 0. The van der Waals surface area contributed by atoms with Gasteiger partial charge in [0.1, 0.15) is 5.82 Å². The summed E-state index contributed by atoms with van der Waals surface area (Å²) >= 11 is 3.37. The summed E-state index contributed by atoms with van der Waals surface area (Å²) in [6.07, 6.45) is 3.42. The van der Waals surface area contributed by atoms with Crippen molar-refractivity contribution in [1.29, 1.82) is 0 Å². The Bertz CT molecular complexity index is 399. The molecule has 0 aromatic heterocycles. The van der Waals surface area contributed by atoms with Gasteiger partial charge in [0, 0.05) is 29.2 Å². The third-order valence-electron chi connectivity index (χ3n) is 3.41. The van der Waals surface area contributed by atoms with Crippen LogP contribution in [0.2, 0.25) is 0 Å². The minimum atomic E-state index is -0.148. The molecule has 2 nitrogen and oxygen atoms in total. The maximum Gasteiger partial charge on any atom is 0.127 e. The Morgan fingerprint density at radius 2 is 2.33 bits per heavy atom. The number of halogens is 2. The smallest absolute Gasteiger partial charge is 0.127 e. The monoisotopic (exact) mass is 315 g/mol. The Kier molecular flexibility index (Phi) is 5.15. The molecular formula is C14H19BrFNO. The Morgan fingerprint density at radius 1 is 1.50 bits per heavy atom. The standard InChI is InChI=1S/C14H19BrFNO/c1-2-13-8-12(5-6-18-13)17-9-10-7-11(15)3-4-14(10)16/h3-4,7,12-13,17H,2,5-6,8-9H2,1H3. The lowest BCUT2D eigenvalue weighted by atomic mass is 10.0. The van der Waals surface area contributed by atoms with Crippen LogP contribution in [0.15, 0.2) is 22.7 Å². The largest absolute Gasteiger partial charge is 0.378 e. The quantitative estimate of drug-likeness (QED) is 0.916. The van der Waals surface area contributed by atoms with Crippen molar-refractivity contribution in [1.82, 2.24) is 5.32 Å². The number of hydrogen-bond donors (Lipinski definition) is 1. The van der Waals surface area contributed by atoms with Crippen molar-refractivity contribution < 1.29 is 9.13 Å². The Morgan fingerprint density at radius 3 is 3.11 bits per heavy atom. The molecule has 18 heavy (non-hydrogen) atoms. The van der Waals surface area contributed by atoms with Crippen LogP contribution < -0.4 is 5.32 Å². The van der Waals surface area contributed by atoms with Gasteiger partial charge in [0.15, 0.2) is 0 Å². The number of ether oxygens (including phenoxy) is 1. The van der Waals surface area contributed by atoms with Gasteiger partial charge < -0.3 is 10.1 Å². The van der Waals surface area contributed by atoms with Gasteiger partial charge in [-0.25, -0.2) is 4.39 Å². The molecule has 0 radical (unpaired) electrons. The van der Waals surface area contributed by atoms with E-state index < -0.39 is 0 Å². The molecule has 2 unspecified atom stereocenters. The van der Waals surface area contributed by atoms with Gasteiger partial charge in [0.05, 0.1) is 6.10 Å². The zero-order valence-corrected chi connectivity index (χ0v) is 12.2. The molecule has 4 heteroatoms. The van der Waals surface area contributed by atoms with E-state index in [9.17, 15) is 4.39 Å². The molecule has 1 N–H and O–H groups in total. The fourth-order valence-electron chi connectivity index (χ4n) is 2.28. The Hall–Kier alpha value is -0.450. The lowest BCUT2D eigenvalue weighted by Crippen LogP contribution is -2.38. The van der Waals surface area contributed by atoms with Crippen LogP contribution in [0.25, 0.3) is 0 Å². The third kappa shape index (κ3) is 3.77. The molecule has 0 amide bonds. The third-order valence-corrected chi connectivity index (χ3v) is 3.90. The second-order valence-electron chi connectivity index (χ2n) is 4.74. The molecule has 1 fully saturated rings. The fourth-order valence-corrected chi connectivity index (χ4v) is 2.69. The second kappa shape index (κ2) is 6.64. The maximum absolute atomic E-state index is 13.6. The van der Waals surface area contributed by atoms with E-state index >= 15 is 0 Å². The fraction of sp³-hybridized carbons (Fsp3) is 0.571. The Balaban J connectivity index is 1.89. The first-order chi connectivity index (χ1) is 8.69. The first-order valence-corrected chi connectivity index (χ1v) is 7.27. The van der Waals surface area contributed by atoms with Gasteiger partial charge in [0.25, 0.3) is 0 Å². The van der Waals surface area contributed by atoms with Crippen molar-refractivity contribution in [3.05, 3.63) is 34.1 Å². The predicted octanol–water partition coefficient (Wildman–Crippen LogP) is 3.64. The van der Waals surface area contributed by atoms with Crippen molar-refractivity contribution >= 4 is 15.9 Å². The van der Waals surface area contributed by atoms with E-state index in [1.165, 1.54) is 6.07 Å². The first kappa shape index (κ1) is 14.0. The van der Waals surface area contributed by atoms with E-state index in [-0.39, 0.29) is 5.82 Å². The molecule has 1 heterocycles. The average Bonchev–Trinajstić information content (AvgIpc) is 2.40. The van der Waals surface area contributed by atoms with Crippen LogP contribution >= 0.6 is 15.9 Å². The molecule has 2 atom stereocenters. The topological polar surface area (TPSA) is 21.3 Å². The lowest BCUT2D eigenvalue weighted by Gasteiger charge is -2.29. The highest BCUT2D eigenvalue weighted by atomic mass is 79.9. The second-order valence-corrected chi connectivity index (χ2v) is 5.65. The van der Waals surface area contributed by atoms with E-state index in [1.807, 2.05) is 6.07 Å². The minimum Gasteiger partial charge on any atom is -0.378 e. The van der Waals surface area contributed by atoms with E-state index in [1.54, 1.807) is 6.07 Å². The van der Waals surface area contributed by atoms with Gasteiger partial charge in [-0.1, -0.05) is 22.9 Å². The molecule has 1 aliphatic rings. The molecule has 0 aliphatic carbocycles. The summed E-state index contributed by atoms with van der Waals surface area (Å²) < 4.78 is 20.1. The molecule has 1 aromatic rings. The van der Waals surface area contributed by atoms with Crippen LogP contribution in [-0.4, -0.2) is 18.8 Å². The van der Waals surface area contributed by atoms with Gasteiger partial charge in [-0.15, -0.1) is 0 Å². The van der Waals surface area contributed by atoms with Crippen molar-refractivity contribution in [2.45, 2.75) is 44.9 Å². The van der Waals surface area contributed by atoms with Gasteiger partial charge in [-0.3, -0.25) is 0 Å². The van der Waals surface area contributed by atoms with E-state index in [0.29, 0.717) is 24.3 Å². The summed E-state index contributed by atoms with van der Waals surface area (Å²) in [5.41, 5.74) is 0.712. The van der Waals surface area contributed by atoms with Gasteiger partial charge in [0.2, 0.25) is 0 Å². The van der Waals surface area contributed by atoms with E-state index in [4.69, 9.17) is 4.74 Å². The van der Waals surface area contributed by atoms with Crippen LogP contribution in [0.1, 0.15) is 31.7 Å². The Labute approximate surface area is 116 Å². The molecule has 0 saturated carbocycles. The van der Waals surface area contributed by atoms with Gasteiger partial charge in [-0.05, 0) is 37.5 Å². The summed E-state index contributed by atoms with van der Waals surface area (Å²) in [7, 11) is 0. The predicted molar refractivity (Wildman–Crippen MR) is 74.0 cm³/mol. The van der Waals surface area contributed by atoms with Crippen molar-refractivity contribution in [2.75, 3.05) is 6.61 Å². The highest BCUT2D eigenvalue weighted by molar-refractivity contribution is 9.10. The molecular weight excluding hydrogens is 297 g/mol. The molecule has 0 bridgehead atoms. The summed E-state index contributed by atoms with van der Waals surface area (Å²) in [6, 6.07) is 5.49. The van der Waals surface area contributed by atoms with Crippen LogP contribution in [0.3, 0.4) is 0 Å². The first-order valence-electron chi connectivity index (χ1n) is 6.48. The van der Waals surface area contributed by atoms with Crippen LogP contribution in [0.5, 0.6) is 0 Å². The van der Waals surface area contributed by atoms with Crippen molar-refractivity contribution in [3.63, 3.8) is 0 Å². The van der Waals surface area contributed by atoms with Crippen LogP contribution in [0, 0.1) is 5.82 Å². The van der Waals surface area contributed by atoms with Gasteiger partial charge in [-0.2, -0.15) is 0 Å². The van der Waals surface area contributed by atoms with Crippen molar-refractivity contribution in [2.24, 2.45) is 0 Å². The number of rotatable bonds is 4. The molecule has 1 saturated heterocycles. The minimum absolute atomic E-state index is 0.148. The highest BCUT2D eigenvalue weighted by Crippen LogP contribution is 2.19. The van der Waals surface area contributed by atoms with Crippen molar-refractivity contribution in [3.8, 4) is 0 Å². The molecule has 1 aromatic carbocycles. The number of hydrogen-bond acceptors (Lipinski definition) is 2. The average molecular weight is 316 g/mol. The zero-order chi connectivity index (χ0) is 13.0. The molecule has 100 valence electrons. The number of nitrogens with one attached hydrogen (secondary N) is 1. The van der Waals surface area contributed by atoms with E-state index in [0.717, 1.165) is 30.3 Å². The van der Waals surface area contributed by atoms with Crippen LogP contribution in [-0.2, 0) is 11.3 Å². The molecule has 2 rings (SSSR count). The SMILES string of the molecule is CCC1CC(NCc2cc(Br)ccc2F)CCO1. The zero-order valence-electron chi connectivity index (χ0n) is 10.6. The van der Waals surface area contributed by atoms with E-state index in [2.05, 4.69) is 28.2 Å².